The lowest BCUT2D eigenvalue weighted by atomic mass is 10.1. The van der Waals surface area contributed by atoms with Gasteiger partial charge in [0.2, 0.25) is 0 Å². The van der Waals surface area contributed by atoms with Crippen LogP contribution < -0.4 is 9.08 Å². The molecule has 3 rings (SSSR count). The Kier molecular flexibility index (Phi) is 10.4. The fourth-order valence-electron chi connectivity index (χ4n) is 3.96. The van der Waals surface area contributed by atoms with Crippen molar-refractivity contribution in [3.63, 3.8) is 0 Å². The van der Waals surface area contributed by atoms with Gasteiger partial charge in [-0.25, -0.2) is 0 Å². The topological polar surface area (TPSA) is 66.9 Å². The Morgan fingerprint density at radius 3 is 2.18 bits per heavy atom. The Bertz CT molecular complexity index is 1390. The van der Waals surface area contributed by atoms with E-state index in [9.17, 15) is 13.2 Å². The molecule has 0 N–H and O–H groups in total. The monoisotopic (exact) mass is 596 g/mol. The van der Waals surface area contributed by atoms with E-state index in [0.29, 0.717) is 22.6 Å². The largest absolute Gasteiger partial charge is 0.379 e. The smallest absolute Gasteiger partial charge is 0.339 e. The van der Waals surface area contributed by atoms with Crippen LogP contribution in [0, 0.1) is 0 Å². The highest BCUT2D eigenvalue weighted by molar-refractivity contribution is 7.87. The first-order valence-electron chi connectivity index (χ1n) is 12.3. The second kappa shape index (κ2) is 13.1. The van der Waals surface area contributed by atoms with E-state index >= 15 is 0 Å². The molecule has 38 heavy (non-hydrogen) atoms. The molecule has 10 heteroatoms. The third kappa shape index (κ3) is 6.94. The van der Waals surface area contributed by atoms with Gasteiger partial charge in [0.25, 0.3) is 5.91 Å². The summed E-state index contributed by atoms with van der Waals surface area (Å²) in [4.78, 5) is 17.2. The summed E-state index contributed by atoms with van der Waals surface area (Å²) in [5.74, 6) is -0.128. The second-order valence-electron chi connectivity index (χ2n) is 8.75. The summed E-state index contributed by atoms with van der Waals surface area (Å²) in [6.07, 6.45) is 0.686. The third-order valence-corrected chi connectivity index (χ3v) is 8.69. The van der Waals surface area contributed by atoms with E-state index in [4.69, 9.17) is 39.0 Å². The van der Waals surface area contributed by atoms with E-state index in [2.05, 4.69) is 4.90 Å². The van der Waals surface area contributed by atoms with Gasteiger partial charge in [0, 0.05) is 43.0 Å². The molecule has 0 saturated heterocycles. The summed E-state index contributed by atoms with van der Waals surface area (Å²) >= 11 is 18.4. The predicted octanol–water partition coefficient (Wildman–Crippen LogP) is 7.70. The van der Waals surface area contributed by atoms with Crippen LogP contribution in [0.1, 0.15) is 50.0 Å². The van der Waals surface area contributed by atoms with Crippen molar-refractivity contribution in [3.8, 4) is 5.75 Å². The van der Waals surface area contributed by atoms with Crippen LogP contribution >= 0.6 is 34.8 Å². The molecule has 0 bridgehead atoms. The van der Waals surface area contributed by atoms with Gasteiger partial charge in [-0.1, -0.05) is 59.9 Å². The van der Waals surface area contributed by atoms with Crippen molar-refractivity contribution in [3.05, 3.63) is 86.9 Å². The van der Waals surface area contributed by atoms with Gasteiger partial charge >= 0.3 is 10.1 Å². The highest BCUT2D eigenvalue weighted by atomic mass is 35.5. The van der Waals surface area contributed by atoms with Crippen LogP contribution in [0.3, 0.4) is 0 Å². The fraction of sp³-hybridized carbons (Fsp3) is 0.321. The quantitative estimate of drug-likeness (QED) is 0.212. The Hall–Kier alpha value is -2.45. The van der Waals surface area contributed by atoms with Crippen LogP contribution in [-0.2, 0) is 16.7 Å². The van der Waals surface area contributed by atoms with Crippen LogP contribution in [0.2, 0.25) is 15.1 Å². The zero-order valence-electron chi connectivity index (χ0n) is 21.7. The first kappa shape index (κ1) is 30.1. The molecule has 1 amide bonds. The average Bonchev–Trinajstić information content (AvgIpc) is 2.89. The molecule has 0 radical (unpaired) electrons. The number of hydrogen-bond donors (Lipinski definition) is 0. The summed E-state index contributed by atoms with van der Waals surface area (Å²) in [6, 6.07) is 16.1. The zero-order valence-corrected chi connectivity index (χ0v) is 24.8. The van der Waals surface area contributed by atoms with Crippen LogP contribution in [0.15, 0.2) is 65.6 Å². The van der Waals surface area contributed by atoms with Gasteiger partial charge in [0.1, 0.15) is 10.6 Å². The van der Waals surface area contributed by atoms with Gasteiger partial charge in [0.05, 0.1) is 20.6 Å². The molecule has 3 aromatic carbocycles. The fourth-order valence-corrected chi connectivity index (χ4v) is 5.52. The van der Waals surface area contributed by atoms with E-state index in [1.807, 2.05) is 33.8 Å². The second-order valence-corrected chi connectivity index (χ2v) is 11.5. The van der Waals surface area contributed by atoms with Gasteiger partial charge in [-0.15, -0.1) is 0 Å². The maximum Gasteiger partial charge on any atom is 0.339 e. The minimum Gasteiger partial charge on any atom is -0.379 e. The van der Waals surface area contributed by atoms with E-state index in [1.54, 1.807) is 41.3 Å². The number of halogens is 3. The molecule has 1 atom stereocenters. The van der Waals surface area contributed by atoms with Crippen LogP contribution in [0.5, 0.6) is 5.75 Å². The van der Waals surface area contributed by atoms with E-state index in [1.165, 1.54) is 18.2 Å². The Labute approximate surface area is 240 Å². The van der Waals surface area contributed by atoms with Crippen LogP contribution in [-0.4, -0.2) is 38.4 Å². The molecule has 204 valence electrons. The van der Waals surface area contributed by atoms with Crippen LogP contribution in [0.25, 0.3) is 0 Å². The van der Waals surface area contributed by atoms with Gasteiger partial charge in [0.15, 0.2) is 0 Å². The number of carbonyl (C=O) groups excluding carboxylic acids is 1. The molecule has 0 aromatic heterocycles. The normalized spacial score (nSPS) is 12.2. The minimum atomic E-state index is -4.26. The number of nitrogens with zero attached hydrogens (tertiary/aromatic N) is 2. The molecule has 0 unspecified atom stereocenters. The lowest BCUT2D eigenvalue weighted by Gasteiger charge is -2.30. The number of amides is 1. The summed E-state index contributed by atoms with van der Waals surface area (Å²) in [5, 5.41) is 0.681. The van der Waals surface area contributed by atoms with Gasteiger partial charge in [-0.2, -0.15) is 8.42 Å². The van der Waals surface area contributed by atoms with Crippen molar-refractivity contribution in [2.24, 2.45) is 0 Å². The number of carbonyl (C=O) groups is 1. The minimum absolute atomic E-state index is 0.0988. The summed E-state index contributed by atoms with van der Waals surface area (Å²) in [6.45, 7) is 9.50. The van der Waals surface area contributed by atoms with E-state index < -0.39 is 10.1 Å². The molecule has 0 heterocycles. The molecular formula is C28H31Cl3N2O4S. The summed E-state index contributed by atoms with van der Waals surface area (Å²) in [5.41, 5.74) is 1.70. The maximum absolute atomic E-state index is 13.6. The zero-order chi connectivity index (χ0) is 28.0. The molecule has 0 aliphatic heterocycles. The van der Waals surface area contributed by atoms with Crippen LogP contribution in [0.4, 0.5) is 5.69 Å². The van der Waals surface area contributed by atoms with Gasteiger partial charge in [-0.3, -0.25) is 4.79 Å². The molecule has 0 saturated carbocycles. The number of rotatable bonds is 11. The van der Waals surface area contributed by atoms with Gasteiger partial charge in [-0.05, 0) is 63.6 Å². The standard InChI is InChI=1S/C28H31Cl3N2O4S/c1-5-19(4)33(28(34)23-10-8-9-11-24(23)29)18-20-12-13-21(32(6-2)7-3)16-27(20)37-38(35,36)22-14-15-25(30)26(31)17-22/h8-17,19H,5-7,18H2,1-4H3/t19-/m1/s1. The molecule has 0 aliphatic carbocycles. The van der Waals surface area contributed by atoms with Crippen molar-refractivity contribution in [2.75, 3.05) is 18.0 Å². The lowest BCUT2D eigenvalue weighted by molar-refractivity contribution is 0.0671. The first-order chi connectivity index (χ1) is 18.0. The molecule has 0 fully saturated rings. The number of anilines is 1. The van der Waals surface area contributed by atoms with Crippen molar-refractivity contribution < 1.29 is 17.4 Å². The highest BCUT2D eigenvalue weighted by Crippen LogP contribution is 2.32. The van der Waals surface area contributed by atoms with Crippen molar-refractivity contribution >= 4 is 56.5 Å². The third-order valence-electron chi connectivity index (χ3n) is 6.39. The average molecular weight is 598 g/mol. The lowest BCUT2D eigenvalue weighted by Crippen LogP contribution is -2.38. The Morgan fingerprint density at radius 1 is 0.895 bits per heavy atom. The maximum atomic E-state index is 13.6. The molecule has 3 aromatic rings. The first-order valence-corrected chi connectivity index (χ1v) is 14.9. The van der Waals surface area contributed by atoms with Crippen molar-refractivity contribution in [2.45, 2.75) is 51.6 Å². The van der Waals surface area contributed by atoms with E-state index in [-0.39, 0.29) is 39.2 Å². The van der Waals surface area contributed by atoms with Crippen molar-refractivity contribution in [1.82, 2.24) is 4.90 Å². The Balaban J connectivity index is 2.08. The molecule has 6 nitrogen and oxygen atoms in total. The summed E-state index contributed by atoms with van der Waals surface area (Å²) in [7, 11) is -4.26. The van der Waals surface area contributed by atoms with Gasteiger partial charge < -0.3 is 14.0 Å². The van der Waals surface area contributed by atoms with Crippen molar-refractivity contribution in [1.29, 1.82) is 0 Å². The summed E-state index contributed by atoms with van der Waals surface area (Å²) < 4.78 is 32.3. The molecule has 0 aliphatic rings. The number of benzene rings is 3. The number of hydrogen-bond acceptors (Lipinski definition) is 5. The highest BCUT2D eigenvalue weighted by Gasteiger charge is 2.26. The predicted molar refractivity (Wildman–Crippen MR) is 155 cm³/mol. The SMILES string of the molecule is CC[C@@H](C)N(Cc1ccc(N(CC)CC)cc1OS(=O)(=O)c1ccc(Cl)c(Cl)c1)C(=O)c1ccccc1Cl. The van der Waals surface area contributed by atoms with E-state index in [0.717, 1.165) is 18.8 Å². The molecular weight excluding hydrogens is 567 g/mol. The Morgan fingerprint density at radius 2 is 1.58 bits per heavy atom. The molecule has 0 spiro atoms.